The molecule has 0 aliphatic rings. The molecule has 0 heterocycles. The molecule has 0 saturated heterocycles. The highest BCUT2D eigenvalue weighted by Gasteiger charge is 2.12. The molecule has 0 bridgehead atoms. The van der Waals surface area contributed by atoms with Crippen molar-refractivity contribution in [2.45, 2.75) is 38.8 Å². The van der Waals surface area contributed by atoms with E-state index in [9.17, 15) is 4.79 Å². The summed E-state index contributed by atoms with van der Waals surface area (Å²) in [4.78, 5) is 11.5. The Hall–Kier alpha value is -1.55. The molecule has 0 saturated carbocycles. The molecular formula is C13H20N2O2. The summed E-state index contributed by atoms with van der Waals surface area (Å²) in [7, 11) is 0. The SMILES string of the molecule is CC(C)(N)CCC(=O)NCc1ccc(O)cc1. The van der Waals surface area contributed by atoms with E-state index in [0.29, 0.717) is 19.4 Å². The summed E-state index contributed by atoms with van der Waals surface area (Å²) >= 11 is 0. The van der Waals surface area contributed by atoms with Crippen molar-refractivity contribution in [1.82, 2.24) is 5.32 Å². The van der Waals surface area contributed by atoms with E-state index in [-0.39, 0.29) is 17.2 Å². The minimum absolute atomic E-state index is 0.00315. The van der Waals surface area contributed by atoms with Crippen LogP contribution in [0.1, 0.15) is 32.3 Å². The van der Waals surface area contributed by atoms with Gasteiger partial charge in [0.25, 0.3) is 0 Å². The lowest BCUT2D eigenvalue weighted by atomic mass is 10.00. The van der Waals surface area contributed by atoms with Crippen LogP contribution in [0.4, 0.5) is 0 Å². The Morgan fingerprint density at radius 2 is 1.94 bits per heavy atom. The molecule has 0 fully saturated rings. The number of aromatic hydroxyl groups is 1. The number of phenolic OH excluding ortho intramolecular Hbond substituents is 1. The molecule has 1 rings (SSSR count). The smallest absolute Gasteiger partial charge is 0.220 e. The Labute approximate surface area is 102 Å². The largest absolute Gasteiger partial charge is 0.508 e. The second-order valence-electron chi connectivity index (χ2n) is 4.93. The predicted molar refractivity (Wildman–Crippen MR) is 67.5 cm³/mol. The normalized spacial score (nSPS) is 11.2. The highest BCUT2D eigenvalue weighted by atomic mass is 16.3. The second kappa shape index (κ2) is 5.68. The number of amides is 1. The monoisotopic (exact) mass is 236 g/mol. The Balaban J connectivity index is 2.31. The highest BCUT2D eigenvalue weighted by Crippen LogP contribution is 2.10. The number of rotatable bonds is 5. The maximum absolute atomic E-state index is 11.5. The number of nitrogens with two attached hydrogens (primary N) is 1. The van der Waals surface area contributed by atoms with Gasteiger partial charge in [-0.05, 0) is 38.0 Å². The fourth-order valence-electron chi connectivity index (χ4n) is 1.34. The number of carbonyl (C=O) groups excluding carboxylic acids is 1. The zero-order valence-corrected chi connectivity index (χ0v) is 10.4. The van der Waals surface area contributed by atoms with E-state index in [1.807, 2.05) is 13.8 Å². The van der Waals surface area contributed by atoms with Gasteiger partial charge in [0.1, 0.15) is 5.75 Å². The molecule has 0 unspecified atom stereocenters. The molecule has 0 radical (unpaired) electrons. The summed E-state index contributed by atoms with van der Waals surface area (Å²) in [5.74, 6) is 0.224. The van der Waals surface area contributed by atoms with E-state index in [4.69, 9.17) is 10.8 Å². The third-order valence-electron chi connectivity index (χ3n) is 2.42. The molecule has 4 heteroatoms. The van der Waals surface area contributed by atoms with E-state index in [0.717, 1.165) is 5.56 Å². The Morgan fingerprint density at radius 3 is 2.47 bits per heavy atom. The Kier molecular flexibility index (Phi) is 4.52. The molecule has 1 aromatic carbocycles. The zero-order valence-electron chi connectivity index (χ0n) is 10.4. The van der Waals surface area contributed by atoms with Gasteiger partial charge in [-0.15, -0.1) is 0 Å². The Bertz CT molecular complexity index is 366. The van der Waals surface area contributed by atoms with Crippen LogP contribution in [0.25, 0.3) is 0 Å². The second-order valence-corrected chi connectivity index (χ2v) is 4.93. The van der Waals surface area contributed by atoms with Crippen LogP contribution in [0.2, 0.25) is 0 Å². The number of carbonyl (C=O) groups is 1. The van der Waals surface area contributed by atoms with Gasteiger partial charge in [0.2, 0.25) is 5.91 Å². The molecule has 1 amide bonds. The molecule has 1 aromatic rings. The van der Waals surface area contributed by atoms with Gasteiger partial charge in [-0.1, -0.05) is 12.1 Å². The quantitative estimate of drug-likeness (QED) is 0.725. The van der Waals surface area contributed by atoms with Crippen molar-refractivity contribution < 1.29 is 9.90 Å². The molecule has 94 valence electrons. The third kappa shape index (κ3) is 5.92. The van der Waals surface area contributed by atoms with Crippen LogP contribution in [0, 0.1) is 0 Å². The van der Waals surface area contributed by atoms with Gasteiger partial charge < -0.3 is 16.2 Å². The first-order valence-electron chi connectivity index (χ1n) is 5.70. The van der Waals surface area contributed by atoms with Crippen LogP contribution in [0.3, 0.4) is 0 Å². The number of hydrogen-bond donors (Lipinski definition) is 3. The van der Waals surface area contributed by atoms with Gasteiger partial charge >= 0.3 is 0 Å². The first kappa shape index (κ1) is 13.5. The molecular weight excluding hydrogens is 216 g/mol. The van der Waals surface area contributed by atoms with Gasteiger partial charge in [0.15, 0.2) is 0 Å². The topological polar surface area (TPSA) is 75.4 Å². The van der Waals surface area contributed by atoms with E-state index in [1.54, 1.807) is 24.3 Å². The van der Waals surface area contributed by atoms with Crippen molar-refractivity contribution >= 4 is 5.91 Å². The number of phenols is 1. The molecule has 17 heavy (non-hydrogen) atoms. The molecule has 0 aromatic heterocycles. The highest BCUT2D eigenvalue weighted by molar-refractivity contribution is 5.75. The summed E-state index contributed by atoms with van der Waals surface area (Å²) in [5.41, 5.74) is 6.45. The lowest BCUT2D eigenvalue weighted by Crippen LogP contribution is -2.34. The van der Waals surface area contributed by atoms with Crippen molar-refractivity contribution in [3.63, 3.8) is 0 Å². The lowest BCUT2D eigenvalue weighted by Gasteiger charge is -2.17. The van der Waals surface area contributed by atoms with Gasteiger partial charge in [0, 0.05) is 18.5 Å². The zero-order chi connectivity index (χ0) is 12.9. The van der Waals surface area contributed by atoms with Crippen LogP contribution < -0.4 is 11.1 Å². The standard InChI is InChI=1S/C13H20N2O2/c1-13(2,14)8-7-12(17)15-9-10-3-5-11(16)6-4-10/h3-6,16H,7-9,14H2,1-2H3,(H,15,17). The number of hydrogen-bond acceptors (Lipinski definition) is 3. The molecule has 0 aliphatic heterocycles. The molecule has 0 aliphatic carbocycles. The lowest BCUT2D eigenvalue weighted by molar-refractivity contribution is -0.121. The van der Waals surface area contributed by atoms with Crippen molar-refractivity contribution in [3.05, 3.63) is 29.8 Å². The van der Waals surface area contributed by atoms with Crippen LogP contribution in [0.15, 0.2) is 24.3 Å². The summed E-state index contributed by atoms with van der Waals surface area (Å²) in [5, 5.41) is 11.9. The van der Waals surface area contributed by atoms with Crippen molar-refractivity contribution in [1.29, 1.82) is 0 Å². The first-order valence-corrected chi connectivity index (χ1v) is 5.70. The maximum atomic E-state index is 11.5. The molecule has 4 N–H and O–H groups in total. The first-order chi connectivity index (χ1) is 7.87. The van der Waals surface area contributed by atoms with Crippen LogP contribution >= 0.6 is 0 Å². The van der Waals surface area contributed by atoms with Crippen molar-refractivity contribution in [3.8, 4) is 5.75 Å². The van der Waals surface area contributed by atoms with Gasteiger partial charge in [0.05, 0.1) is 0 Å². The number of benzene rings is 1. The molecule has 0 spiro atoms. The van der Waals surface area contributed by atoms with Gasteiger partial charge in [-0.25, -0.2) is 0 Å². The molecule has 4 nitrogen and oxygen atoms in total. The maximum Gasteiger partial charge on any atom is 0.220 e. The van der Waals surface area contributed by atoms with Crippen LogP contribution in [-0.2, 0) is 11.3 Å². The van der Waals surface area contributed by atoms with Crippen molar-refractivity contribution in [2.75, 3.05) is 0 Å². The van der Waals surface area contributed by atoms with Crippen LogP contribution in [-0.4, -0.2) is 16.6 Å². The third-order valence-corrected chi connectivity index (χ3v) is 2.42. The minimum atomic E-state index is -0.310. The van der Waals surface area contributed by atoms with Gasteiger partial charge in [-0.2, -0.15) is 0 Å². The summed E-state index contributed by atoms with van der Waals surface area (Å²) < 4.78 is 0. The van der Waals surface area contributed by atoms with E-state index >= 15 is 0 Å². The summed E-state index contributed by atoms with van der Waals surface area (Å²) in [6, 6.07) is 6.76. The minimum Gasteiger partial charge on any atom is -0.508 e. The molecule has 0 atom stereocenters. The van der Waals surface area contributed by atoms with E-state index in [1.165, 1.54) is 0 Å². The van der Waals surface area contributed by atoms with E-state index in [2.05, 4.69) is 5.32 Å². The summed E-state index contributed by atoms with van der Waals surface area (Å²) in [6.45, 7) is 4.28. The summed E-state index contributed by atoms with van der Waals surface area (Å²) in [6.07, 6.45) is 1.09. The average molecular weight is 236 g/mol. The average Bonchev–Trinajstić information content (AvgIpc) is 2.25. The van der Waals surface area contributed by atoms with Crippen LogP contribution in [0.5, 0.6) is 5.75 Å². The number of nitrogens with one attached hydrogen (secondary N) is 1. The Morgan fingerprint density at radius 1 is 1.35 bits per heavy atom. The fourth-order valence-corrected chi connectivity index (χ4v) is 1.34. The predicted octanol–water partition coefficient (Wildman–Crippen LogP) is 1.53. The van der Waals surface area contributed by atoms with E-state index < -0.39 is 0 Å². The van der Waals surface area contributed by atoms with Crippen molar-refractivity contribution in [2.24, 2.45) is 5.73 Å². The van der Waals surface area contributed by atoms with Gasteiger partial charge in [-0.3, -0.25) is 4.79 Å². The fraction of sp³-hybridized carbons (Fsp3) is 0.462.